The highest BCUT2D eigenvalue weighted by Gasteiger charge is 2.07. The molecule has 0 aliphatic rings. The summed E-state index contributed by atoms with van der Waals surface area (Å²) in [4.78, 5) is 0. The van der Waals surface area contributed by atoms with E-state index in [0.29, 0.717) is 11.4 Å². The third-order valence-corrected chi connectivity index (χ3v) is 2.18. The molecule has 1 nitrogen and oxygen atoms in total. The van der Waals surface area contributed by atoms with Crippen LogP contribution in [0, 0.1) is 17.7 Å². The minimum Gasteiger partial charge on any atom is -0.395 e. The highest BCUT2D eigenvalue weighted by molar-refractivity contribution is 6.36. The summed E-state index contributed by atoms with van der Waals surface area (Å²) in [5.41, 5.74) is 0.266. The smallest absolute Gasteiger partial charge is 0.143 e. The Morgan fingerprint density at radius 3 is 2.71 bits per heavy atom. The second-order valence-electron chi connectivity index (χ2n) is 2.49. The molecular weight excluding hydrogens is 226 g/mol. The number of rotatable bonds is 1. The van der Waals surface area contributed by atoms with Crippen molar-refractivity contribution in [3.8, 4) is 11.8 Å². The average molecular weight is 233 g/mol. The molecule has 0 aliphatic heterocycles. The summed E-state index contributed by atoms with van der Waals surface area (Å²) in [5.74, 6) is 4.68. The lowest BCUT2D eigenvalue weighted by Gasteiger charge is -1.99. The number of benzene rings is 1. The van der Waals surface area contributed by atoms with Gasteiger partial charge in [-0.3, -0.25) is 0 Å². The Bertz CT molecular complexity index is 393. The van der Waals surface area contributed by atoms with Crippen molar-refractivity contribution in [2.45, 2.75) is 6.42 Å². The van der Waals surface area contributed by atoms with Crippen LogP contribution in [0.3, 0.4) is 0 Å². The van der Waals surface area contributed by atoms with E-state index in [1.54, 1.807) is 0 Å². The molecule has 0 saturated heterocycles. The van der Waals surface area contributed by atoms with Crippen molar-refractivity contribution in [3.63, 3.8) is 0 Å². The maximum absolute atomic E-state index is 13.0. The van der Waals surface area contributed by atoms with Gasteiger partial charge in [-0.1, -0.05) is 35.0 Å². The zero-order valence-corrected chi connectivity index (χ0v) is 8.66. The molecule has 1 aromatic rings. The van der Waals surface area contributed by atoms with Crippen LogP contribution in [-0.4, -0.2) is 11.7 Å². The molecule has 0 radical (unpaired) electrons. The van der Waals surface area contributed by atoms with Gasteiger partial charge in [-0.25, -0.2) is 4.39 Å². The minimum atomic E-state index is -0.552. The maximum Gasteiger partial charge on any atom is 0.143 e. The van der Waals surface area contributed by atoms with Crippen LogP contribution >= 0.6 is 23.2 Å². The van der Waals surface area contributed by atoms with E-state index in [-0.39, 0.29) is 17.2 Å². The van der Waals surface area contributed by atoms with E-state index < -0.39 is 5.82 Å². The van der Waals surface area contributed by atoms with Gasteiger partial charge in [0, 0.05) is 6.42 Å². The van der Waals surface area contributed by atoms with Crippen LogP contribution in [0.25, 0.3) is 0 Å². The standard InChI is InChI=1S/C10H7Cl2FO/c11-8-4-5-9(13)10(12)7(8)3-1-2-6-14/h4-5,14H,2,6H2. The fourth-order valence-electron chi connectivity index (χ4n) is 0.848. The third-order valence-electron chi connectivity index (χ3n) is 1.49. The Hall–Kier alpha value is -0.750. The van der Waals surface area contributed by atoms with Crippen molar-refractivity contribution >= 4 is 23.2 Å². The number of aliphatic hydroxyl groups is 1. The highest BCUT2D eigenvalue weighted by atomic mass is 35.5. The van der Waals surface area contributed by atoms with E-state index in [1.165, 1.54) is 12.1 Å². The molecule has 0 aliphatic carbocycles. The molecule has 0 fully saturated rings. The summed E-state index contributed by atoms with van der Waals surface area (Å²) in [6.45, 7) is -0.0441. The van der Waals surface area contributed by atoms with Gasteiger partial charge in [0.1, 0.15) is 5.82 Å². The van der Waals surface area contributed by atoms with E-state index in [9.17, 15) is 4.39 Å². The summed E-state index contributed by atoms with van der Waals surface area (Å²) in [5, 5.41) is 8.72. The monoisotopic (exact) mass is 232 g/mol. The number of halogens is 3. The molecule has 1 aromatic carbocycles. The van der Waals surface area contributed by atoms with E-state index in [2.05, 4.69) is 11.8 Å². The van der Waals surface area contributed by atoms with Crippen LogP contribution in [-0.2, 0) is 0 Å². The first-order valence-electron chi connectivity index (χ1n) is 3.90. The molecule has 14 heavy (non-hydrogen) atoms. The molecule has 0 amide bonds. The molecular formula is C10H7Cl2FO. The largest absolute Gasteiger partial charge is 0.395 e. The Morgan fingerprint density at radius 1 is 1.36 bits per heavy atom. The second-order valence-corrected chi connectivity index (χ2v) is 3.28. The Morgan fingerprint density at radius 2 is 2.07 bits per heavy atom. The predicted molar refractivity (Wildman–Crippen MR) is 55.0 cm³/mol. The zero-order valence-electron chi connectivity index (χ0n) is 7.15. The van der Waals surface area contributed by atoms with E-state index in [0.717, 1.165) is 0 Å². The summed E-state index contributed by atoms with van der Waals surface area (Å²) >= 11 is 11.4. The zero-order chi connectivity index (χ0) is 10.6. The molecule has 0 unspecified atom stereocenters. The molecule has 0 heterocycles. The molecule has 0 saturated carbocycles. The van der Waals surface area contributed by atoms with Gasteiger partial charge >= 0.3 is 0 Å². The van der Waals surface area contributed by atoms with E-state index in [4.69, 9.17) is 28.3 Å². The fourth-order valence-corrected chi connectivity index (χ4v) is 1.31. The molecule has 4 heteroatoms. The number of aliphatic hydroxyl groups excluding tert-OH is 1. The minimum absolute atomic E-state index is 0.0441. The van der Waals surface area contributed by atoms with Crippen molar-refractivity contribution in [2.75, 3.05) is 6.61 Å². The van der Waals surface area contributed by atoms with Gasteiger partial charge < -0.3 is 5.11 Å². The van der Waals surface area contributed by atoms with Gasteiger partial charge in [-0.2, -0.15) is 0 Å². The molecule has 1 N–H and O–H groups in total. The SMILES string of the molecule is OCCC#Cc1c(Cl)ccc(F)c1Cl. The summed E-state index contributed by atoms with van der Waals surface area (Å²) < 4.78 is 13.0. The number of hydrogen-bond donors (Lipinski definition) is 1. The Labute approximate surface area is 91.5 Å². The van der Waals surface area contributed by atoms with Gasteiger partial charge in [-0.15, -0.1) is 0 Å². The fraction of sp³-hybridized carbons (Fsp3) is 0.200. The molecule has 0 bridgehead atoms. The molecule has 0 atom stereocenters. The van der Waals surface area contributed by atoms with Crippen molar-refractivity contribution in [1.82, 2.24) is 0 Å². The summed E-state index contributed by atoms with van der Waals surface area (Å²) in [6.07, 6.45) is 0.309. The van der Waals surface area contributed by atoms with Gasteiger partial charge in [0.2, 0.25) is 0 Å². The van der Waals surface area contributed by atoms with Crippen LogP contribution in [0.2, 0.25) is 10.0 Å². The van der Waals surface area contributed by atoms with Crippen LogP contribution in [0.15, 0.2) is 12.1 Å². The first-order chi connectivity index (χ1) is 6.66. The first kappa shape index (κ1) is 11.3. The van der Waals surface area contributed by atoms with Crippen molar-refractivity contribution in [2.24, 2.45) is 0 Å². The first-order valence-corrected chi connectivity index (χ1v) is 4.65. The number of hydrogen-bond acceptors (Lipinski definition) is 1. The van der Waals surface area contributed by atoms with E-state index in [1.807, 2.05) is 0 Å². The molecule has 1 rings (SSSR count). The topological polar surface area (TPSA) is 20.2 Å². The highest BCUT2D eigenvalue weighted by Crippen LogP contribution is 2.26. The third kappa shape index (κ3) is 2.62. The van der Waals surface area contributed by atoms with Crippen LogP contribution in [0.5, 0.6) is 0 Å². The quantitative estimate of drug-likeness (QED) is 0.584. The van der Waals surface area contributed by atoms with Crippen molar-refractivity contribution < 1.29 is 9.50 Å². The molecule has 74 valence electrons. The Kier molecular flexibility index (Phi) is 4.21. The van der Waals surface area contributed by atoms with Crippen molar-refractivity contribution in [1.29, 1.82) is 0 Å². The summed E-state index contributed by atoms with van der Waals surface area (Å²) in [7, 11) is 0. The predicted octanol–water partition coefficient (Wildman–Crippen LogP) is 2.87. The lowest BCUT2D eigenvalue weighted by atomic mass is 10.2. The second kappa shape index (κ2) is 5.21. The lowest BCUT2D eigenvalue weighted by molar-refractivity contribution is 0.305. The normalized spacial score (nSPS) is 9.43. The van der Waals surface area contributed by atoms with Crippen molar-refractivity contribution in [3.05, 3.63) is 33.6 Å². The van der Waals surface area contributed by atoms with Crippen LogP contribution < -0.4 is 0 Å². The van der Waals surface area contributed by atoms with Gasteiger partial charge in [0.25, 0.3) is 0 Å². The molecule has 0 aromatic heterocycles. The van der Waals surface area contributed by atoms with Gasteiger partial charge in [0.15, 0.2) is 0 Å². The van der Waals surface area contributed by atoms with Crippen LogP contribution in [0.1, 0.15) is 12.0 Å². The molecule has 0 spiro atoms. The maximum atomic E-state index is 13.0. The van der Waals surface area contributed by atoms with E-state index >= 15 is 0 Å². The Balaban J connectivity index is 3.08. The van der Waals surface area contributed by atoms with Gasteiger partial charge in [0.05, 0.1) is 22.2 Å². The average Bonchev–Trinajstić information content (AvgIpc) is 2.18. The lowest BCUT2D eigenvalue weighted by Crippen LogP contribution is -1.85. The van der Waals surface area contributed by atoms with Crippen LogP contribution in [0.4, 0.5) is 4.39 Å². The van der Waals surface area contributed by atoms with Gasteiger partial charge in [-0.05, 0) is 12.1 Å². The summed E-state index contributed by atoms with van der Waals surface area (Å²) in [6, 6.07) is 2.58.